The molecule has 1 unspecified atom stereocenters. The second-order valence-corrected chi connectivity index (χ2v) is 4.58. The molecule has 0 spiro atoms. The van der Waals surface area contributed by atoms with E-state index in [1.165, 1.54) is 17.5 Å². The molecule has 0 saturated carbocycles. The van der Waals surface area contributed by atoms with Gasteiger partial charge < -0.3 is 0 Å². The Kier molecular flexibility index (Phi) is 1.97. The van der Waals surface area contributed by atoms with E-state index in [2.05, 4.69) is 4.98 Å². The van der Waals surface area contributed by atoms with Crippen molar-refractivity contribution in [3.63, 3.8) is 0 Å². The molecule has 3 rings (SSSR count). The summed E-state index contributed by atoms with van der Waals surface area (Å²) in [6, 6.07) is 5.29. The molecule has 4 heteroatoms. The van der Waals surface area contributed by atoms with Crippen LogP contribution in [0, 0.1) is 0 Å². The number of carbonyl (C=O) groups excluding carboxylic acids is 2. The molecule has 0 bridgehead atoms. The molecule has 0 N–H and O–H groups in total. The van der Waals surface area contributed by atoms with Gasteiger partial charge >= 0.3 is 0 Å². The van der Waals surface area contributed by atoms with Crippen molar-refractivity contribution in [1.29, 1.82) is 0 Å². The number of fused-ring (bicyclic) bond motifs is 1. The summed E-state index contributed by atoms with van der Waals surface area (Å²) in [4.78, 5) is 28.8. The highest BCUT2D eigenvalue weighted by Gasteiger charge is 2.40. The van der Waals surface area contributed by atoms with Crippen LogP contribution in [0.15, 0.2) is 36.0 Å². The smallest absolute Gasteiger partial charge is 0.181 e. The molecule has 0 radical (unpaired) electrons. The molecule has 78 valence electrons. The van der Waals surface area contributed by atoms with Crippen molar-refractivity contribution in [3.05, 3.63) is 52.0 Å². The van der Waals surface area contributed by atoms with Crippen LogP contribution < -0.4 is 0 Å². The second kappa shape index (κ2) is 3.35. The number of pyridine rings is 1. The molecular weight excluding hydrogens is 222 g/mol. The van der Waals surface area contributed by atoms with E-state index >= 15 is 0 Å². The van der Waals surface area contributed by atoms with Crippen molar-refractivity contribution in [1.82, 2.24) is 4.98 Å². The molecule has 1 aliphatic carbocycles. The topological polar surface area (TPSA) is 47.0 Å². The van der Waals surface area contributed by atoms with Crippen LogP contribution in [0.25, 0.3) is 0 Å². The van der Waals surface area contributed by atoms with Gasteiger partial charge in [-0.15, -0.1) is 11.3 Å². The fraction of sp³-hybridized carbons (Fsp3) is 0.0833. The average Bonchev–Trinajstić information content (AvgIpc) is 2.89. The SMILES string of the molecule is O=C1c2ccncc2C(=O)C1c1cccs1. The van der Waals surface area contributed by atoms with Gasteiger partial charge in [0.05, 0.1) is 0 Å². The molecular formula is C12H7NO2S. The van der Waals surface area contributed by atoms with E-state index in [1.807, 2.05) is 17.5 Å². The van der Waals surface area contributed by atoms with Crippen LogP contribution in [-0.2, 0) is 0 Å². The fourth-order valence-electron chi connectivity index (χ4n) is 1.95. The summed E-state index contributed by atoms with van der Waals surface area (Å²) in [6.07, 6.45) is 3.02. The van der Waals surface area contributed by atoms with Crippen LogP contribution in [0.1, 0.15) is 31.5 Å². The lowest BCUT2D eigenvalue weighted by molar-refractivity contribution is 0.0892. The van der Waals surface area contributed by atoms with E-state index < -0.39 is 5.92 Å². The van der Waals surface area contributed by atoms with Crippen LogP contribution in [0.4, 0.5) is 0 Å². The minimum atomic E-state index is -0.640. The van der Waals surface area contributed by atoms with Crippen molar-refractivity contribution in [2.45, 2.75) is 5.92 Å². The highest BCUT2D eigenvalue weighted by atomic mass is 32.1. The van der Waals surface area contributed by atoms with Crippen molar-refractivity contribution in [3.8, 4) is 0 Å². The normalized spacial score (nSPS) is 18.9. The summed E-state index contributed by atoms with van der Waals surface area (Å²) >= 11 is 1.44. The van der Waals surface area contributed by atoms with Crippen LogP contribution >= 0.6 is 11.3 Å². The summed E-state index contributed by atoms with van der Waals surface area (Å²) in [6.45, 7) is 0. The Bertz CT molecular complexity index is 539. The first-order valence-corrected chi connectivity index (χ1v) is 5.73. The molecule has 16 heavy (non-hydrogen) atoms. The first-order chi connectivity index (χ1) is 7.79. The number of thiophene rings is 1. The Morgan fingerprint density at radius 2 is 1.94 bits per heavy atom. The number of rotatable bonds is 1. The first kappa shape index (κ1) is 9.42. The first-order valence-electron chi connectivity index (χ1n) is 4.85. The van der Waals surface area contributed by atoms with Gasteiger partial charge in [0, 0.05) is 28.4 Å². The van der Waals surface area contributed by atoms with E-state index in [-0.39, 0.29) is 11.6 Å². The van der Waals surface area contributed by atoms with Gasteiger partial charge in [-0.2, -0.15) is 0 Å². The van der Waals surface area contributed by atoms with Gasteiger partial charge in [-0.05, 0) is 17.5 Å². The Balaban J connectivity index is 2.15. The Hall–Kier alpha value is -1.81. The molecule has 0 aliphatic heterocycles. The third-order valence-electron chi connectivity index (χ3n) is 2.70. The predicted octanol–water partition coefficient (Wildman–Crippen LogP) is 2.31. The molecule has 1 atom stereocenters. The molecule has 1 aliphatic rings. The van der Waals surface area contributed by atoms with E-state index in [0.717, 1.165) is 4.88 Å². The van der Waals surface area contributed by atoms with Crippen LogP contribution in [0.5, 0.6) is 0 Å². The van der Waals surface area contributed by atoms with Gasteiger partial charge in [0.15, 0.2) is 11.6 Å². The number of nitrogens with zero attached hydrogens (tertiary/aromatic N) is 1. The van der Waals surface area contributed by atoms with E-state index in [4.69, 9.17) is 0 Å². The van der Waals surface area contributed by atoms with Gasteiger partial charge in [-0.25, -0.2) is 0 Å². The van der Waals surface area contributed by atoms with Crippen molar-refractivity contribution in [2.75, 3.05) is 0 Å². The Morgan fingerprint density at radius 3 is 2.62 bits per heavy atom. The zero-order valence-corrected chi connectivity index (χ0v) is 9.03. The Morgan fingerprint density at radius 1 is 1.12 bits per heavy atom. The average molecular weight is 229 g/mol. The summed E-state index contributed by atoms with van der Waals surface area (Å²) < 4.78 is 0. The number of ketones is 2. The maximum atomic E-state index is 12.1. The van der Waals surface area contributed by atoms with Gasteiger partial charge in [0.1, 0.15) is 5.92 Å². The number of Topliss-reactive ketones (excluding diaryl/α,β-unsaturated/α-hetero) is 2. The third kappa shape index (κ3) is 1.17. The lowest BCUT2D eigenvalue weighted by atomic mass is 10.0. The van der Waals surface area contributed by atoms with Gasteiger partial charge in [0.25, 0.3) is 0 Å². The summed E-state index contributed by atoms with van der Waals surface area (Å²) in [7, 11) is 0. The van der Waals surface area contributed by atoms with Crippen molar-refractivity contribution < 1.29 is 9.59 Å². The van der Waals surface area contributed by atoms with Gasteiger partial charge in [0.2, 0.25) is 0 Å². The molecule has 2 aromatic rings. The lowest BCUT2D eigenvalue weighted by Gasteiger charge is -2.01. The number of aromatic nitrogens is 1. The predicted molar refractivity (Wildman–Crippen MR) is 60.0 cm³/mol. The minimum Gasteiger partial charge on any atom is -0.293 e. The maximum Gasteiger partial charge on any atom is 0.181 e. The van der Waals surface area contributed by atoms with E-state index in [0.29, 0.717) is 11.1 Å². The quantitative estimate of drug-likeness (QED) is 0.705. The zero-order chi connectivity index (χ0) is 11.1. The van der Waals surface area contributed by atoms with Crippen molar-refractivity contribution in [2.24, 2.45) is 0 Å². The molecule has 2 aromatic heterocycles. The molecule has 0 saturated heterocycles. The molecule has 0 fully saturated rings. The lowest BCUT2D eigenvalue weighted by Crippen LogP contribution is -2.10. The molecule has 0 amide bonds. The monoisotopic (exact) mass is 229 g/mol. The number of carbonyl (C=O) groups is 2. The summed E-state index contributed by atoms with van der Waals surface area (Å²) in [5.74, 6) is -0.875. The van der Waals surface area contributed by atoms with Crippen LogP contribution in [0.2, 0.25) is 0 Å². The highest BCUT2D eigenvalue weighted by molar-refractivity contribution is 7.10. The zero-order valence-electron chi connectivity index (χ0n) is 8.21. The van der Waals surface area contributed by atoms with E-state index in [9.17, 15) is 9.59 Å². The molecule has 2 heterocycles. The van der Waals surface area contributed by atoms with E-state index in [1.54, 1.807) is 12.3 Å². The maximum absolute atomic E-state index is 12.1. The minimum absolute atomic E-state index is 0.107. The highest BCUT2D eigenvalue weighted by Crippen LogP contribution is 2.35. The van der Waals surface area contributed by atoms with Crippen LogP contribution in [-0.4, -0.2) is 16.6 Å². The number of hydrogen-bond donors (Lipinski definition) is 0. The Labute approximate surface area is 95.8 Å². The third-order valence-corrected chi connectivity index (χ3v) is 3.64. The largest absolute Gasteiger partial charge is 0.293 e. The summed E-state index contributed by atoms with van der Waals surface area (Å²) in [5, 5.41) is 1.87. The summed E-state index contributed by atoms with van der Waals surface area (Å²) in [5.41, 5.74) is 0.948. The fourth-order valence-corrected chi connectivity index (χ4v) is 2.77. The van der Waals surface area contributed by atoms with Crippen LogP contribution in [0.3, 0.4) is 0 Å². The molecule has 3 nitrogen and oxygen atoms in total. The van der Waals surface area contributed by atoms with Crippen molar-refractivity contribution >= 4 is 22.9 Å². The standard InChI is InChI=1S/C12H7NO2S/c14-11-7-3-4-13-6-8(7)12(15)10(11)9-2-1-5-16-9/h1-6,10H. The van der Waals surface area contributed by atoms with Gasteiger partial charge in [-0.3, -0.25) is 14.6 Å². The second-order valence-electron chi connectivity index (χ2n) is 3.60. The number of hydrogen-bond acceptors (Lipinski definition) is 4. The molecule has 0 aromatic carbocycles. The van der Waals surface area contributed by atoms with Gasteiger partial charge in [-0.1, -0.05) is 6.07 Å².